The first kappa shape index (κ1) is 41.8. The summed E-state index contributed by atoms with van der Waals surface area (Å²) in [6.45, 7) is 19.5. The molecule has 3 amide bonds. The molecule has 270 valence electrons. The van der Waals surface area contributed by atoms with Gasteiger partial charge in [0.25, 0.3) is 17.7 Å². The SMILES string of the molecule is CCCC[C@H]1C(=O)O[C@H](C(C)C)C(=O)N(C)[C@@H](C(C)C)C(=O)O[C@H](C(C)C)C(=O)N(C)[C@@H](C(C)CC)C(=O)O[C@H](C(C)C)C(=O)N1C. The van der Waals surface area contributed by atoms with E-state index in [2.05, 4.69) is 0 Å². The van der Waals surface area contributed by atoms with Gasteiger partial charge in [-0.25, -0.2) is 14.4 Å². The number of amides is 3. The molecule has 1 aliphatic heterocycles. The molecule has 1 fully saturated rings. The van der Waals surface area contributed by atoms with Crippen molar-refractivity contribution >= 4 is 35.6 Å². The smallest absolute Gasteiger partial charge is 0.329 e. The van der Waals surface area contributed by atoms with Crippen LogP contribution in [-0.2, 0) is 43.0 Å². The van der Waals surface area contributed by atoms with Crippen LogP contribution in [0, 0.1) is 29.6 Å². The second-order valence-corrected chi connectivity index (χ2v) is 14.3. The third-order valence-electron chi connectivity index (χ3n) is 9.02. The van der Waals surface area contributed by atoms with Crippen LogP contribution in [0.2, 0.25) is 0 Å². The molecule has 0 bridgehead atoms. The maximum atomic E-state index is 14.0. The Balaban J connectivity index is 3.96. The Kier molecular flexibility index (Phi) is 16.4. The monoisotopic (exact) mass is 667 g/mol. The number of hydrogen-bond acceptors (Lipinski definition) is 9. The number of likely N-dealkylation sites (N-methyl/N-ethyl adjacent to an activating group) is 3. The summed E-state index contributed by atoms with van der Waals surface area (Å²) < 4.78 is 17.6. The van der Waals surface area contributed by atoms with Crippen molar-refractivity contribution in [2.24, 2.45) is 29.6 Å². The van der Waals surface area contributed by atoms with Crippen molar-refractivity contribution in [1.82, 2.24) is 14.7 Å². The van der Waals surface area contributed by atoms with Crippen molar-refractivity contribution in [1.29, 1.82) is 0 Å². The molecule has 0 aromatic carbocycles. The van der Waals surface area contributed by atoms with Crippen LogP contribution in [0.15, 0.2) is 0 Å². The molecule has 0 aliphatic carbocycles. The van der Waals surface area contributed by atoms with Gasteiger partial charge in [-0.15, -0.1) is 0 Å². The maximum absolute atomic E-state index is 14.0. The standard InChI is InChI=1S/C35H61N3O9/c1-15-17-18-24-33(42)45-28(21(7)8)31(40)37(13)25(19(3)4)34(43)46-29(22(9)10)32(41)38(14)26(23(11)16-2)35(44)47-27(20(5)6)30(39)36(24)12/h19-29H,15-18H2,1-14H3/t23?,24-,25-,26-,27+,28+,29+/m0/s1. The number of cyclic esters (lactones) is 3. The summed E-state index contributed by atoms with van der Waals surface area (Å²) in [5.41, 5.74) is 0. The predicted octanol–water partition coefficient (Wildman–Crippen LogP) is 4.08. The highest BCUT2D eigenvalue weighted by atomic mass is 16.6. The zero-order valence-electron chi connectivity index (χ0n) is 31.2. The normalized spacial score (nSPS) is 27.3. The lowest BCUT2D eigenvalue weighted by atomic mass is 9.95. The van der Waals surface area contributed by atoms with Gasteiger partial charge in [0.2, 0.25) is 0 Å². The number of ether oxygens (including phenoxy) is 3. The van der Waals surface area contributed by atoms with Gasteiger partial charge in [0, 0.05) is 21.1 Å². The Hall–Kier alpha value is -3.18. The van der Waals surface area contributed by atoms with Gasteiger partial charge in [-0.2, -0.15) is 0 Å². The molecule has 0 aromatic heterocycles. The van der Waals surface area contributed by atoms with Gasteiger partial charge in [0.05, 0.1) is 0 Å². The van der Waals surface area contributed by atoms with Crippen molar-refractivity contribution in [3.63, 3.8) is 0 Å². The summed E-state index contributed by atoms with van der Waals surface area (Å²) in [6.07, 6.45) is -1.72. The van der Waals surface area contributed by atoms with Crippen LogP contribution in [0.1, 0.15) is 102 Å². The first-order valence-electron chi connectivity index (χ1n) is 17.2. The third kappa shape index (κ3) is 10.4. The van der Waals surface area contributed by atoms with E-state index in [0.717, 1.165) is 6.42 Å². The van der Waals surface area contributed by atoms with Crippen LogP contribution in [0.25, 0.3) is 0 Å². The second-order valence-electron chi connectivity index (χ2n) is 14.3. The van der Waals surface area contributed by atoms with E-state index in [1.807, 2.05) is 13.8 Å². The third-order valence-corrected chi connectivity index (χ3v) is 9.02. The van der Waals surface area contributed by atoms with Crippen molar-refractivity contribution < 1.29 is 43.0 Å². The van der Waals surface area contributed by atoms with E-state index in [9.17, 15) is 28.8 Å². The summed E-state index contributed by atoms with van der Waals surface area (Å²) >= 11 is 0. The molecule has 1 unspecified atom stereocenters. The van der Waals surface area contributed by atoms with Crippen LogP contribution in [0.5, 0.6) is 0 Å². The van der Waals surface area contributed by atoms with Crippen LogP contribution in [-0.4, -0.2) is 108 Å². The van der Waals surface area contributed by atoms with Gasteiger partial charge in [0.15, 0.2) is 18.3 Å². The van der Waals surface area contributed by atoms with Crippen LogP contribution < -0.4 is 0 Å². The molecule has 47 heavy (non-hydrogen) atoms. The molecular formula is C35H61N3O9. The second kappa shape index (κ2) is 18.4. The fourth-order valence-corrected chi connectivity index (χ4v) is 5.78. The van der Waals surface area contributed by atoms with Gasteiger partial charge in [0.1, 0.15) is 18.1 Å². The summed E-state index contributed by atoms with van der Waals surface area (Å²) in [7, 11) is 4.37. The van der Waals surface area contributed by atoms with Crippen molar-refractivity contribution in [3.8, 4) is 0 Å². The number of unbranched alkanes of at least 4 members (excludes halogenated alkanes) is 1. The highest BCUT2D eigenvalue weighted by Gasteiger charge is 2.45. The van der Waals surface area contributed by atoms with Crippen LogP contribution in [0.3, 0.4) is 0 Å². The Morgan fingerprint density at radius 1 is 0.532 bits per heavy atom. The fourth-order valence-electron chi connectivity index (χ4n) is 5.78. The van der Waals surface area contributed by atoms with Crippen molar-refractivity contribution in [3.05, 3.63) is 0 Å². The molecule has 0 radical (unpaired) electrons. The average molecular weight is 668 g/mol. The minimum absolute atomic E-state index is 0.259. The number of carbonyl (C=O) groups is 6. The molecule has 0 saturated carbocycles. The van der Waals surface area contributed by atoms with Crippen LogP contribution in [0.4, 0.5) is 0 Å². The first-order valence-corrected chi connectivity index (χ1v) is 17.2. The Labute approximate surface area is 282 Å². The molecule has 0 N–H and O–H groups in total. The van der Waals surface area contributed by atoms with E-state index < -0.39 is 95.7 Å². The molecule has 1 aliphatic rings. The minimum Gasteiger partial charge on any atom is -0.450 e. The van der Waals surface area contributed by atoms with E-state index in [4.69, 9.17) is 14.2 Å². The highest BCUT2D eigenvalue weighted by molar-refractivity contribution is 5.94. The number of carbonyl (C=O) groups excluding carboxylic acids is 6. The lowest BCUT2D eigenvalue weighted by Crippen LogP contribution is -2.57. The van der Waals surface area contributed by atoms with Gasteiger partial charge >= 0.3 is 17.9 Å². The summed E-state index contributed by atoms with van der Waals surface area (Å²) in [5, 5.41) is 0. The molecular weight excluding hydrogens is 606 g/mol. The zero-order chi connectivity index (χ0) is 36.5. The largest absolute Gasteiger partial charge is 0.450 e. The van der Waals surface area contributed by atoms with E-state index in [1.54, 1.807) is 62.3 Å². The van der Waals surface area contributed by atoms with E-state index in [-0.39, 0.29) is 12.3 Å². The Morgan fingerprint density at radius 3 is 1.26 bits per heavy atom. The Morgan fingerprint density at radius 2 is 0.894 bits per heavy atom. The van der Waals surface area contributed by atoms with Gasteiger partial charge < -0.3 is 28.9 Å². The Bertz CT molecular complexity index is 1110. The molecule has 0 spiro atoms. The van der Waals surface area contributed by atoms with E-state index >= 15 is 0 Å². The molecule has 1 heterocycles. The van der Waals surface area contributed by atoms with Crippen LogP contribution >= 0.6 is 0 Å². The van der Waals surface area contributed by atoms with Gasteiger partial charge in [-0.3, -0.25) is 14.4 Å². The number of rotatable bonds is 9. The highest BCUT2D eigenvalue weighted by Crippen LogP contribution is 2.25. The van der Waals surface area contributed by atoms with Crippen molar-refractivity contribution in [2.45, 2.75) is 138 Å². The summed E-state index contributed by atoms with van der Waals surface area (Å²) in [6, 6.07) is -3.26. The number of hydrogen-bond donors (Lipinski definition) is 0. The molecule has 12 nitrogen and oxygen atoms in total. The van der Waals surface area contributed by atoms with Crippen molar-refractivity contribution in [2.75, 3.05) is 21.1 Å². The number of nitrogens with zero attached hydrogens (tertiary/aromatic N) is 3. The molecule has 0 aromatic rings. The van der Waals surface area contributed by atoms with Gasteiger partial charge in [-0.05, 0) is 36.0 Å². The predicted molar refractivity (Wildman–Crippen MR) is 178 cm³/mol. The average Bonchev–Trinajstić information content (AvgIpc) is 2.98. The minimum atomic E-state index is -1.28. The first-order chi connectivity index (χ1) is 21.7. The fraction of sp³-hybridized carbons (Fsp3) is 0.829. The lowest BCUT2D eigenvalue weighted by molar-refractivity contribution is -0.181. The summed E-state index contributed by atoms with van der Waals surface area (Å²) in [5.74, 6) is -6.38. The molecule has 7 atom stereocenters. The zero-order valence-corrected chi connectivity index (χ0v) is 31.2. The lowest BCUT2D eigenvalue weighted by Gasteiger charge is -2.38. The quantitative estimate of drug-likeness (QED) is 0.263. The topological polar surface area (TPSA) is 140 Å². The van der Waals surface area contributed by atoms with Gasteiger partial charge in [-0.1, -0.05) is 95.4 Å². The number of esters is 3. The maximum Gasteiger partial charge on any atom is 0.329 e. The molecule has 1 rings (SSSR count). The molecule has 12 heteroatoms. The van der Waals surface area contributed by atoms with E-state index in [0.29, 0.717) is 12.8 Å². The molecule has 1 saturated heterocycles. The summed E-state index contributed by atoms with van der Waals surface area (Å²) in [4.78, 5) is 87.1. The van der Waals surface area contributed by atoms with E-state index in [1.165, 1.54) is 35.8 Å².